The number of ether oxygens (including phenoxy) is 2. The maximum absolute atomic E-state index is 11.8. The largest absolute Gasteiger partial charge is 0.466 e. The van der Waals surface area contributed by atoms with Gasteiger partial charge in [0.2, 0.25) is 0 Å². The molecule has 0 bridgehead atoms. The molecular weight excluding hydrogens is 322 g/mol. The van der Waals surface area contributed by atoms with Crippen LogP contribution in [-0.2, 0) is 24.1 Å². The van der Waals surface area contributed by atoms with Gasteiger partial charge in [0, 0.05) is 5.41 Å². The number of carbonyl (C=O) groups is 2. The van der Waals surface area contributed by atoms with Gasteiger partial charge in [0.1, 0.15) is 5.60 Å². The van der Waals surface area contributed by atoms with Crippen LogP contribution in [0.5, 0.6) is 0 Å². The number of carbonyl (C=O) groups excluding carboxylic acids is 2. The van der Waals surface area contributed by atoms with Gasteiger partial charge >= 0.3 is 12.1 Å². The van der Waals surface area contributed by atoms with Gasteiger partial charge in [-0.3, -0.25) is 4.79 Å². The first-order chi connectivity index (χ1) is 10.4. The summed E-state index contributed by atoms with van der Waals surface area (Å²) in [6.07, 6.45) is 0.339. The normalized spacial score (nSPS) is 13.9. The van der Waals surface area contributed by atoms with E-state index in [1.165, 1.54) is 6.08 Å². The van der Waals surface area contributed by atoms with Crippen LogP contribution in [0.3, 0.4) is 0 Å². The van der Waals surface area contributed by atoms with E-state index in [2.05, 4.69) is 5.32 Å². The number of nitrogens with one attached hydrogen (secondary N) is 1. The predicted octanol–water partition coefficient (Wildman–Crippen LogP) is 2.17. The summed E-state index contributed by atoms with van der Waals surface area (Å²) in [5, 5.41) is 2.87. The molecule has 0 aromatic carbocycles. The zero-order chi connectivity index (χ0) is 18.3. The number of hydrogen-bond acceptors (Lipinski definition) is 6. The Hall–Kier alpha value is -1.57. The minimum Gasteiger partial charge on any atom is -0.466 e. The Kier molecular flexibility index (Phi) is 8.30. The summed E-state index contributed by atoms with van der Waals surface area (Å²) in [5.41, 5.74) is -0.702. The van der Waals surface area contributed by atoms with E-state index in [-0.39, 0.29) is 13.0 Å². The average molecular weight is 349 g/mol. The predicted molar refractivity (Wildman–Crippen MR) is 87.6 cm³/mol. The molecule has 0 aliphatic carbocycles. The van der Waals surface area contributed by atoms with Crippen molar-refractivity contribution >= 4 is 21.9 Å². The Morgan fingerprint density at radius 2 is 1.78 bits per heavy atom. The molecule has 1 atom stereocenters. The van der Waals surface area contributed by atoms with Crippen LogP contribution in [0, 0.1) is 0 Å². The van der Waals surface area contributed by atoms with Gasteiger partial charge in [0.05, 0.1) is 24.3 Å². The first-order valence-corrected chi connectivity index (χ1v) is 9.05. The van der Waals surface area contributed by atoms with Crippen molar-refractivity contribution in [1.82, 2.24) is 5.32 Å². The molecular formula is C15H27NO6S. The maximum Gasteiger partial charge on any atom is 0.408 e. The summed E-state index contributed by atoms with van der Waals surface area (Å²) >= 11 is 0. The molecule has 0 rings (SSSR count). The van der Waals surface area contributed by atoms with Crippen LogP contribution in [0.2, 0.25) is 0 Å². The lowest BCUT2D eigenvalue weighted by atomic mass is 10.2. The zero-order valence-corrected chi connectivity index (χ0v) is 15.4. The molecule has 23 heavy (non-hydrogen) atoms. The minimum absolute atomic E-state index is 0.183. The summed E-state index contributed by atoms with van der Waals surface area (Å²) in [4.78, 5) is 23.4. The van der Waals surface area contributed by atoms with E-state index in [0.717, 1.165) is 5.41 Å². The van der Waals surface area contributed by atoms with Crippen molar-refractivity contribution in [3.05, 3.63) is 11.5 Å². The van der Waals surface area contributed by atoms with Crippen molar-refractivity contribution in [3.63, 3.8) is 0 Å². The molecule has 0 radical (unpaired) electrons. The van der Waals surface area contributed by atoms with Crippen molar-refractivity contribution in [2.45, 2.75) is 64.9 Å². The number of amides is 1. The topological polar surface area (TPSA) is 98.8 Å². The highest BCUT2D eigenvalue weighted by Crippen LogP contribution is 2.09. The third kappa shape index (κ3) is 9.93. The smallest absolute Gasteiger partial charge is 0.408 e. The zero-order valence-electron chi connectivity index (χ0n) is 14.6. The Bertz CT molecular complexity index is 531. The number of hydrogen-bond donors (Lipinski definition) is 1. The fourth-order valence-corrected chi connectivity index (χ4v) is 2.11. The number of rotatable bonds is 7. The van der Waals surface area contributed by atoms with Crippen molar-refractivity contribution in [3.8, 4) is 0 Å². The van der Waals surface area contributed by atoms with Crippen LogP contribution in [0.15, 0.2) is 11.5 Å². The lowest BCUT2D eigenvalue weighted by molar-refractivity contribution is -0.143. The average Bonchev–Trinajstić information content (AvgIpc) is 2.33. The third-order valence-electron chi connectivity index (χ3n) is 2.55. The molecule has 0 fully saturated rings. The van der Waals surface area contributed by atoms with Crippen LogP contribution in [0.25, 0.3) is 0 Å². The summed E-state index contributed by atoms with van der Waals surface area (Å²) < 4.78 is 33.6. The lowest BCUT2D eigenvalue weighted by Gasteiger charge is -2.22. The van der Waals surface area contributed by atoms with Crippen LogP contribution in [0.4, 0.5) is 4.79 Å². The van der Waals surface area contributed by atoms with E-state index in [4.69, 9.17) is 9.47 Å². The SMILES string of the molecule is CCOC(=O)C[C@@H](/C=C/S(=O)(=O)C(C)C)NC(=O)OC(C)(C)C. The molecule has 0 saturated carbocycles. The van der Waals surface area contributed by atoms with Gasteiger partial charge in [-0.2, -0.15) is 0 Å². The van der Waals surface area contributed by atoms with Crippen LogP contribution < -0.4 is 5.32 Å². The molecule has 1 amide bonds. The molecule has 0 heterocycles. The summed E-state index contributed by atoms with van der Waals surface area (Å²) in [6.45, 7) is 10.0. The second-order valence-electron chi connectivity index (χ2n) is 6.23. The van der Waals surface area contributed by atoms with E-state index in [1.54, 1.807) is 41.5 Å². The van der Waals surface area contributed by atoms with Crippen molar-refractivity contribution in [2.24, 2.45) is 0 Å². The van der Waals surface area contributed by atoms with Crippen LogP contribution in [-0.4, -0.2) is 44.0 Å². The summed E-state index contributed by atoms with van der Waals surface area (Å²) in [5.74, 6) is -0.542. The van der Waals surface area contributed by atoms with Gasteiger partial charge in [-0.05, 0) is 41.5 Å². The Balaban J connectivity index is 5.06. The van der Waals surface area contributed by atoms with Gasteiger partial charge in [-0.1, -0.05) is 6.08 Å². The highest BCUT2D eigenvalue weighted by Gasteiger charge is 2.21. The molecule has 0 unspecified atom stereocenters. The van der Waals surface area contributed by atoms with Gasteiger partial charge < -0.3 is 14.8 Å². The maximum atomic E-state index is 11.8. The molecule has 0 aromatic heterocycles. The molecule has 0 aliphatic heterocycles. The Morgan fingerprint density at radius 1 is 1.22 bits per heavy atom. The Labute approximate surface area is 138 Å². The van der Waals surface area contributed by atoms with Gasteiger partial charge in [0.25, 0.3) is 0 Å². The van der Waals surface area contributed by atoms with Gasteiger partial charge in [-0.15, -0.1) is 0 Å². The van der Waals surface area contributed by atoms with Crippen molar-refractivity contribution < 1.29 is 27.5 Å². The van der Waals surface area contributed by atoms with Crippen LogP contribution in [0.1, 0.15) is 48.0 Å². The monoisotopic (exact) mass is 349 g/mol. The van der Waals surface area contributed by atoms with E-state index in [1.807, 2.05) is 0 Å². The molecule has 8 heteroatoms. The molecule has 0 saturated heterocycles. The second-order valence-corrected chi connectivity index (χ2v) is 8.62. The molecule has 1 N–H and O–H groups in total. The van der Waals surface area contributed by atoms with E-state index >= 15 is 0 Å². The fourth-order valence-electron chi connectivity index (χ4n) is 1.39. The standard InChI is InChI=1S/C15H27NO6S/c1-7-21-13(17)10-12(8-9-23(19,20)11(2)3)16-14(18)22-15(4,5)6/h8-9,11-12H,7,10H2,1-6H3,(H,16,18)/b9-8+/t12-/m1/s1. The highest BCUT2D eigenvalue weighted by molar-refractivity contribution is 7.94. The molecule has 0 aliphatic rings. The molecule has 7 nitrogen and oxygen atoms in total. The highest BCUT2D eigenvalue weighted by atomic mass is 32.2. The van der Waals surface area contributed by atoms with Crippen molar-refractivity contribution in [2.75, 3.05) is 6.61 Å². The van der Waals surface area contributed by atoms with Crippen LogP contribution >= 0.6 is 0 Å². The van der Waals surface area contributed by atoms with E-state index in [0.29, 0.717) is 0 Å². The first kappa shape index (κ1) is 21.4. The fraction of sp³-hybridized carbons (Fsp3) is 0.733. The second kappa shape index (κ2) is 8.90. The van der Waals surface area contributed by atoms with E-state index in [9.17, 15) is 18.0 Å². The Morgan fingerprint density at radius 3 is 2.22 bits per heavy atom. The molecule has 0 aromatic rings. The number of alkyl carbamates (subject to hydrolysis) is 1. The summed E-state index contributed by atoms with van der Waals surface area (Å²) in [7, 11) is -3.44. The number of esters is 1. The third-order valence-corrected chi connectivity index (χ3v) is 4.40. The number of sulfone groups is 1. The lowest BCUT2D eigenvalue weighted by Crippen LogP contribution is -2.39. The van der Waals surface area contributed by atoms with Gasteiger partial charge in [-0.25, -0.2) is 13.2 Å². The van der Waals surface area contributed by atoms with E-state index < -0.39 is 38.8 Å². The summed E-state index contributed by atoms with van der Waals surface area (Å²) in [6, 6.07) is -0.836. The molecule has 134 valence electrons. The minimum atomic E-state index is -3.44. The quantitative estimate of drug-likeness (QED) is 0.707. The molecule has 0 spiro atoms. The van der Waals surface area contributed by atoms with Gasteiger partial charge in [0.15, 0.2) is 9.84 Å². The van der Waals surface area contributed by atoms with Crippen molar-refractivity contribution in [1.29, 1.82) is 0 Å². The first-order valence-electron chi connectivity index (χ1n) is 7.44.